The summed E-state index contributed by atoms with van der Waals surface area (Å²) in [5.41, 5.74) is -3.18. The van der Waals surface area contributed by atoms with Crippen LogP contribution in [-0.4, -0.2) is 226 Å². The number of carbonyl (C=O) groups excluding carboxylic acids is 2. The van der Waals surface area contributed by atoms with E-state index in [0.717, 1.165) is 11.1 Å². The first-order valence-corrected chi connectivity index (χ1v) is 30.6. The number of ketones is 1. The maximum Gasteiger partial charge on any atom is 0.331 e. The maximum atomic E-state index is 13.6. The van der Waals surface area contributed by atoms with Gasteiger partial charge >= 0.3 is 5.97 Å². The molecule has 23 nitrogen and oxygen atoms in total. The Labute approximate surface area is 497 Å². The van der Waals surface area contributed by atoms with Gasteiger partial charge in [-0.1, -0.05) is 55.8 Å². The average Bonchev–Trinajstić information content (AvgIpc) is 1.65. The Morgan fingerprint density at radius 1 is 0.659 bits per heavy atom. The Kier molecular flexibility index (Phi) is 20.0. The van der Waals surface area contributed by atoms with E-state index < -0.39 is 182 Å². The molecule has 478 valence electrons. The van der Waals surface area contributed by atoms with Gasteiger partial charge in [-0.2, -0.15) is 0 Å². The van der Waals surface area contributed by atoms with Crippen molar-refractivity contribution in [3.05, 3.63) is 53.6 Å². The van der Waals surface area contributed by atoms with E-state index in [4.69, 9.17) is 61.6 Å². The largest absolute Gasteiger partial charge is 0.458 e. The molecule has 5 heterocycles. The van der Waals surface area contributed by atoms with E-state index >= 15 is 0 Å². The van der Waals surface area contributed by atoms with Crippen LogP contribution >= 0.6 is 0 Å². The Bertz CT molecular complexity index is 2480. The van der Waals surface area contributed by atoms with E-state index in [1.54, 1.807) is 34.0 Å². The van der Waals surface area contributed by atoms with Gasteiger partial charge in [0.25, 0.3) is 0 Å². The van der Waals surface area contributed by atoms with Gasteiger partial charge in [0.2, 0.25) is 0 Å². The average molecular weight is 1210 g/mol. The van der Waals surface area contributed by atoms with Crippen LogP contribution in [0.1, 0.15) is 125 Å². The summed E-state index contributed by atoms with van der Waals surface area (Å²) in [4.78, 5) is 26.9. The molecule has 85 heavy (non-hydrogen) atoms. The van der Waals surface area contributed by atoms with Crippen molar-refractivity contribution in [3.8, 4) is 0 Å². The monoisotopic (exact) mass is 1200 g/mol. The van der Waals surface area contributed by atoms with Gasteiger partial charge in [0, 0.05) is 63.2 Å². The number of methoxy groups -OCH3 is 2. The minimum atomic E-state index is -1.71. The molecule has 23 heteroatoms. The molecule has 5 aliphatic heterocycles. The summed E-state index contributed by atoms with van der Waals surface area (Å²) in [7, 11) is 3.07. The number of carbonyl (C=O) groups is 2. The lowest BCUT2D eigenvalue weighted by Gasteiger charge is -2.66. The molecule has 9 aliphatic rings. The standard InChI is InChI=1S/C62H92O23/c1-30(64)38-19-22-62(72)60(38,7)45(81-46(67)16-15-35-13-11-10-12-14-35)28-44-59(6)20-18-37(23-36(59)17-21-61(44,62)71)79-49-26-41(73-8)56(33(4)77-49)84-48-25-40(66)54(31(2)76-48)82-47-24-39(65)55(32(3)75-47)83-50-27-42(74-9)57(34(5)78-50)85-58-53(70)52(69)51(68)43(29-63)80-58/h10-17,31-34,37-45,47-58,63,65-66,68-72H,18-29H2,1-9H3. The molecule has 0 spiro atoms. The third-order valence-electron chi connectivity index (χ3n) is 20.9. The number of Topliss-reactive ketones (excluding diaryl/α,β-unsaturated/α-hetero) is 1. The first-order valence-electron chi connectivity index (χ1n) is 30.6. The van der Waals surface area contributed by atoms with Crippen molar-refractivity contribution in [2.75, 3.05) is 20.8 Å². The zero-order valence-corrected chi connectivity index (χ0v) is 50.2. The number of ether oxygens (including phenoxy) is 13. The number of fused-ring (bicyclic) bond motifs is 5. The van der Waals surface area contributed by atoms with Gasteiger partial charge < -0.3 is 102 Å². The first-order chi connectivity index (χ1) is 40.3. The van der Waals surface area contributed by atoms with E-state index in [1.165, 1.54) is 20.1 Å². The number of aliphatic hydroxyl groups excluding tert-OH is 6. The van der Waals surface area contributed by atoms with Crippen LogP contribution in [0.5, 0.6) is 0 Å². The summed E-state index contributed by atoms with van der Waals surface area (Å²) in [6, 6.07) is 9.40. The molecule has 1 aromatic carbocycles. The van der Waals surface area contributed by atoms with Crippen molar-refractivity contribution in [2.24, 2.45) is 22.7 Å². The van der Waals surface area contributed by atoms with Crippen molar-refractivity contribution in [1.82, 2.24) is 0 Å². The molecule has 29 unspecified atom stereocenters. The molecule has 8 fully saturated rings. The highest BCUT2D eigenvalue weighted by molar-refractivity contribution is 5.87. The van der Waals surface area contributed by atoms with Crippen LogP contribution in [0, 0.1) is 22.7 Å². The summed E-state index contributed by atoms with van der Waals surface area (Å²) < 4.78 is 80.7. The number of hydrogen-bond donors (Lipinski definition) is 8. The molecule has 5 saturated heterocycles. The van der Waals surface area contributed by atoms with Crippen molar-refractivity contribution >= 4 is 17.8 Å². The van der Waals surface area contributed by atoms with Crippen molar-refractivity contribution in [1.29, 1.82) is 0 Å². The fourth-order valence-corrected chi connectivity index (χ4v) is 16.2. The van der Waals surface area contributed by atoms with E-state index in [2.05, 4.69) is 13.0 Å². The van der Waals surface area contributed by atoms with Crippen LogP contribution in [0.4, 0.5) is 0 Å². The lowest BCUT2D eigenvalue weighted by molar-refractivity contribution is -0.357. The van der Waals surface area contributed by atoms with Crippen LogP contribution in [0.2, 0.25) is 0 Å². The van der Waals surface area contributed by atoms with E-state index in [9.17, 15) is 50.4 Å². The summed E-state index contributed by atoms with van der Waals surface area (Å²) in [6.45, 7) is 11.9. The Balaban J connectivity index is 0.703. The van der Waals surface area contributed by atoms with Gasteiger partial charge in [0.05, 0.1) is 61.5 Å². The highest BCUT2D eigenvalue weighted by Gasteiger charge is 2.77. The highest BCUT2D eigenvalue weighted by Crippen LogP contribution is 2.70. The normalized spacial score (nSPS) is 49.3. The lowest BCUT2D eigenvalue weighted by atomic mass is 9.43. The Morgan fingerprint density at radius 2 is 1.20 bits per heavy atom. The molecule has 10 rings (SSSR count). The highest BCUT2D eigenvalue weighted by atomic mass is 16.8. The van der Waals surface area contributed by atoms with Gasteiger partial charge in [-0.05, 0) is 96.6 Å². The predicted octanol–water partition coefficient (Wildman–Crippen LogP) is 2.64. The molecule has 0 amide bonds. The molecule has 29 atom stereocenters. The number of benzene rings is 1. The van der Waals surface area contributed by atoms with Crippen LogP contribution in [0.25, 0.3) is 6.08 Å². The number of esters is 1. The predicted molar refractivity (Wildman–Crippen MR) is 297 cm³/mol. The van der Waals surface area contributed by atoms with Crippen LogP contribution in [0.15, 0.2) is 48.1 Å². The van der Waals surface area contributed by atoms with E-state index in [-0.39, 0.29) is 50.4 Å². The number of hydrogen-bond acceptors (Lipinski definition) is 23. The fraction of sp³-hybridized carbons (Fsp3) is 0.806. The molecule has 0 radical (unpaired) electrons. The minimum absolute atomic E-state index is 0.00183. The van der Waals surface area contributed by atoms with Gasteiger partial charge in [-0.3, -0.25) is 4.79 Å². The van der Waals surface area contributed by atoms with E-state index in [0.29, 0.717) is 32.1 Å². The molecule has 0 bridgehead atoms. The maximum absolute atomic E-state index is 13.6. The van der Waals surface area contributed by atoms with Gasteiger partial charge in [0.15, 0.2) is 31.5 Å². The van der Waals surface area contributed by atoms with Crippen LogP contribution in [-0.2, 0) is 71.2 Å². The minimum Gasteiger partial charge on any atom is -0.458 e. The second-order valence-electron chi connectivity index (χ2n) is 25.9. The SMILES string of the molecule is COC1CC(OC2CCC3(C)C(=CCC4(O)C3CC(OC(=O)C=Cc3ccccc3)C3(C)C(C(C)=O)CCC43O)C2)OC(C)C1OC1CC(O)C(OC2CC(O)C(OC3CC(OC)C(OC4OC(CO)C(O)C(O)C4O)C(C)O3)C(C)O2)C(C)O1. The molecule has 3 saturated carbocycles. The van der Waals surface area contributed by atoms with Crippen molar-refractivity contribution in [2.45, 2.75) is 272 Å². The molecule has 1 aromatic rings. The molecule has 8 N–H and O–H groups in total. The number of aliphatic hydroxyl groups is 8. The third kappa shape index (κ3) is 12.4. The zero-order chi connectivity index (χ0) is 61.1. The summed E-state index contributed by atoms with van der Waals surface area (Å²) in [5, 5.41) is 89.7. The number of rotatable bonds is 17. The van der Waals surface area contributed by atoms with Gasteiger partial charge in [0.1, 0.15) is 71.9 Å². The quantitative estimate of drug-likeness (QED) is 0.0631. The van der Waals surface area contributed by atoms with Crippen LogP contribution < -0.4 is 0 Å². The molecular formula is C62H92O23. The van der Waals surface area contributed by atoms with Crippen molar-refractivity contribution in [3.63, 3.8) is 0 Å². The van der Waals surface area contributed by atoms with Crippen molar-refractivity contribution < 1.29 is 112 Å². The Morgan fingerprint density at radius 3 is 1.75 bits per heavy atom. The smallest absolute Gasteiger partial charge is 0.331 e. The van der Waals surface area contributed by atoms with Gasteiger partial charge in [-0.15, -0.1) is 0 Å². The van der Waals surface area contributed by atoms with E-state index in [1.807, 2.05) is 44.2 Å². The van der Waals surface area contributed by atoms with Gasteiger partial charge in [-0.25, -0.2) is 4.79 Å². The second-order valence-corrected chi connectivity index (χ2v) is 25.9. The zero-order valence-electron chi connectivity index (χ0n) is 50.2. The van der Waals surface area contributed by atoms with Crippen LogP contribution in [0.3, 0.4) is 0 Å². The Hall–Kier alpha value is -2.96. The summed E-state index contributed by atoms with van der Waals surface area (Å²) in [6.07, 6.45) is -12.2. The molecular weight excluding hydrogens is 1110 g/mol. The lowest BCUT2D eigenvalue weighted by Crippen LogP contribution is -2.75. The molecule has 4 aliphatic carbocycles. The molecule has 0 aromatic heterocycles. The second kappa shape index (κ2) is 26.1. The summed E-state index contributed by atoms with van der Waals surface area (Å²) >= 11 is 0. The fourth-order valence-electron chi connectivity index (χ4n) is 16.2. The third-order valence-corrected chi connectivity index (χ3v) is 20.9. The first kappa shape index (κ1) is 65.0. The topological polar surface area (TPSA) is 316 Å². The summed E-state index contributed by atoms with van der Waals surface area (Å²) in [5.74, 6) is -1.78.